The molecule has 0 fully saturated rings. The molecule has 0 bridgehead atoms. The van der Waals surface area contributed by atoms with Gasteiger partial charge in [-0.15, -0.1) is 0 Å². The van der Waals surface area contributed by atoms with E-state index < -0.39 is 0 Å². The molecule has 2 N–H and O–H groups in total. The molecule has 2 aromatic carbocycles. The maximum absolute atomic E-state index is 10.3. The van der Waals surface area contributed by atoms with Crippen molar-refractivity contribution in [1.82, 2.24) is 0 Å². The van der Waals surface area contributed by atoms with Crippen molar-refractivity contribution in [2.24, 2.45) is 11.1 Å². The minimum Gasteiger partial charge on any atom is -0.454 e. The van der Waals surface area contributed by atoms with Crippen LogP contribution < -0.4 is 24.7 Å². The second-order valence-corrected chi connectivity index (χ2v) is 7.19. The van der Waals surface area contributed by atoms with E-state index in [2.05, 4.69) is 20.8 Å². The van der Waals surface area contributed by atoms with Gasteiger partial charge in [-0.2, -0.15) is 0 Å². The fraction of sp³-hybridized carbons (Fsp3) is 0.350. The number of ether oxygens (including phenoxy) is 4. The Balaban J connectivity index is 0.000000158. The van der Waals surface area contributed by atoms with Crippen LogP contribution in [-0.2, 0) is 0 Å². The highest BCUT2D eigenvalue weighted by Crippen LogP contribution is 2.37. The number of hydrogen-bond acceptors (Lipinski definition) is 6. The third kappa shape index (κ3) is 3.91. The van der Waals surface area contributed by atoms with E-state index in [9.17, 15) is 4.79 Å². The largest absolute Gasteiger partial charge is 0.454 e. The van der Waals surface area contributed by atoms with Crippen LogP contribution in [0, 0.1) is 5.41 Å². The molecule has 0 spiro atoms. The lowest BCUT2D eigenvalue weighted by molar-refractivity contribution is 0.112. The van der Waals surface area contributed by atoms with Crippen molar-refractivity contribution in [3.05, 3.63) is 47.5 Å². The van der Waals surface area contributed by atoms with Gasteiger partial charge in [-0.1, -0.05) is 26.8 Å². The standard InChI is InChI=1S/C12H17NO2.C8H6O3/c1-12(2,3)11(13)8-4-5-9-10(6-8)15-7-14-9;9-4-6-1-2-7-8(3-6)11-5-10-7/h4-6,11H,7,13H2,1-3H3;1-4H,5H2/t11-;/m0./s1. The molecule has 0 saturated heterocycles. The fourth-order valence-electron chi connectivity index (χ4n) is 2.59. The Kier molecular flexibility index (Phi) is 5.04. The van der Waals surface area contributed by atoms with Crippen LogP contribution in [0.2, 0.25) is 0 Å². The smallest absolute Gasteiger partial charge is 0.231 e. The van der Waals surface area contributed by atoms with Gasteiger partial charge in [-0.3, -0.25) is 4.79 Å². The molecule has 1 atom stereocenters. The molecule has 26 heavy (non-hydrogen) atoms. The molecule has 0 radical (unpaired) electrons. The van der Waals surface area contributed by atoms with Gasteiger partial charge in [-0.05, 0) is 41.3 Å². The Hall–Kier alpha value is -2.73. The summed E-state index contributed by atoms with van der Waals surface area (Å²) in [5.74, 6) is 2.96. The van der Waals surface area contributed by atoms with Crippen molar-refractivity contribution in [2.45, 2.75) is 26.8 Å². The van der Waals surface area contributed by atoms with Gasteiger partial charge in [0.15, 0.2) is 23.0 Å². The highest BCUT2D eigenvalue weighted by molar-refractivity contribution is 5.76. The molecule has 0 aromatic heterocycles. The maximum atomic E-state index is 10.3. The summed E-state index contributed by atoms with van der Waals surface area (Å²) in [5.41, 5.74) is 7.91. The summed E-state index contributed by atoms with van der Waals surface area (Å²) in [6.07, 6.45) is 0.780. The van der Waals surface area contributed by atoms with Crippen molar-refractivity contribution in [1.29, 1.82) is 0 Å². The van der Waals surface area contributed by atoms with E-state index in [1.54, 1.807) is 18.2 Å². The summed E-state index contributed by atoms with van der Waals surface area (Å²) >= 11 is 0. The predicted molar refractivity (Wildman–Crippen MR) is 96.9 cm³/mol. The topological polar surface area (TPSA) is 80.0 Å². The number of hydrogen-bond donors (Lipinski definition) is 1. The SMILES string of the molecule is CC(C)(C)[C@@H](N)c1ccc2c(c1)OCO2.O=Cc1ccc2c(c1)OCO2. The van der Waals surface area contributed by atoms with Crippen LogP contribution in [-0.4, -0.2) is 19.9 Å². The summed E-state index contributed by atoms with van der Waals surface area (Å²) in [5, 5.41) is 0. The number of carbonyl (C=O) groups is 1. The summed E-state index contributed by atoms with van der Waals surface area (Å²) < 4.78 is 20.7. The van der Waals surface area contributed by atoms with Gasteiger partial charge < -0.3 is 24.7 Å². The van der Waals surface area contributed by atoms with Gasteiger partial charge in [0, 0.05) is 11.6 Å². The minimum atomic E-state index is 0.00648. The molecule has 0 saturated carbocycles. The lowest BCUT2D eigenvalue weighted by Crippen LogP contribution is -2.26. The Labute approximate surface area is 152 Å². The van der Waals surface area contributed by atoms with Crippen LogP contribution in [0.3, 0.4) is 0 Å². The second kappa shape index (κ2) is 7.25. The fourth-order valence-corrected chi connectivity index (χ4v) is 2.59. The molecule has 138 valence electrons. The van der Waals surface area contributed by atoms with Crippen molar-refractivity contribution in [3.63, 3.8) is 0 Å². The van der Waals surface area contributed by atoms with Gasteiger partial charge in [-0.25, -0.2) is 0 Å². The number of rotatable bonds is 2. The predicted octanol–water partition coefficient (Wildman–Crippen LogP) is 3.69. The molecular formula is C20H23NO5. The molecule has 2 aliphatic rings. The van der Waals surface area contributed by atoms with Gasteiger partial charge in [0.1, 0.15) is 6.29 Å². The first kappa shape index (κ1) is 18.1. The third-order valence-corrected chi connectivity index (χ3v) is 4.22. The third-order valence-electron chi connectivity index (χ3n) is 4.22. The normalized spacial score (nSPS) is 15.1. The van der Waals surface area contributed by atoms with Crippen molar-refractivity contribution in [3.8, 4) is 23.0 Å². The van der Waals surface area contributed by atoms with Crippen LogP contribution in [0.1, 0.15) is 42.7 Å². The first-order chi connectivity index (χ1) is 12.4. The zero-order valence-corrected chi connectivity index (χ0v) is 15.2. The van der Waals surface area contributed by atoms with E-state index in [0.29, 0.717) is 23.9 Å². The molecule has 4 rings (SSSR count). The maximum Gasteiger partial charge on any atom is 0.231 e. The number of nitrogens with two attached hydrogens (primary N) is 1. The number of benzene rings is 2. The van der Waals surface area contributed by atoms with Crippen molar-refractivity contribution >= 4 is 6.29 Å². The lowest BCUT2D eigenvalue weighted by Gasteiger charge is -2.27. The molecule has 2 aromatic rings. The Morgan fingerprint density at radius 2 is 1.42 bits per heavy atom. The zero-order valence-electron chi connectivity index (χ0n) is 15.2. The molecule has 0 aliphatic carbocycles. The Bertz CT molecular complexity index is 797. The monoisotopic (exact) mass is 357 g/mol. The quantitative estimate of drug-likeness (QED) is 0.826. The summed E-state index contributed by atoms with van der Waals surface area (Å²) in [7, 11) is 0. The summed E-state index contributed by atoms with van der Waals surface area (Å²) in [6, 6.07) is 11.0. The van der Waals surface area contributed by atoms with Crippen LogP contribution in [0.25, 0.3) is 0 Å². The van der Waals surface area contributed by atoms with Crippen molar-refractivity contribution in [2.75, 3.05) is 13.6 Å². The summed E-state index contributed by atoms with van der Waals surface area (Å²) in [4.78, 5) is 10.3. The van der Waals surface area contributed by atoms with E-state index in [0.717, 1.165) is 23.3 Å². The van der Waals surface area contributed by atoms with Gasteiger partial charge in [0.25, 0.3) is 0 Å². The van der Waals surface area contributed by atoms with Gasteiger partial charge in [0.05, 0.1) is 0 Å². The molecular weight excluding hydrogens is 334 g/mol. The van der Waals surface area contributed by atoms with E-state index in [4.69, 9.17) is 24.7 Å². The van der Waals surface area contributed by atoms with E-state index in [1.807, 2.05) is 18.2 Å². The highest BCUT2D eigenvalue weighted by atomic mass is 16.7. The number of aldehydes is 1. The van der Waals surface area contributed by atoms with Crippen LogP contribution in [0.4, 0.5) is 0 Å². The molecule has 6 nitrogen and oxygen atoms in total. The minimum absolute atomic E-state index is 0.00648. The first-order valence-corrected chi connectivity index (χ1v) is 8.38. The van der Waals surface area contributed by atoms with E-state index >= 15 is 0 Å². The van der Waals surface area contributed by atoms with Gasteiger partial charge in [0.2, 0.25) is 13.6 Å². The molecule has 2 aliphatic heterocycles. The Morgan fingerprint density at radius 1 is 0.885 bits per heavy atom. The van der Waals surface area contributed by atoms with Crippen LogP contribution in [0.5, 0.6) is 23.0 Å². The average molecular weight is 357 g/mol. The molecule has 0 amide bonds. The Morgan fingerprint density at radius 3 is 2.00 bits per heavy atom. The van der Waals surface area contributed by atoms with Crippen LogP contribution >= 0.6 is 0 Å². The molecule has 6 heteroatoms. The first-order valence-electron chi connectivity index (χ1n) is 8.38. The molecule has 2 heterocycles. The van der Waals surface area contributed by atoms with Crippen LogP contribution in [0.15, 0.2) is 36.4 Å². The average Bonchev–Trinajstić information content (AvgIpc) is 3.28. The zero-order chi connectivity index (χ0) is 18.7. The van der Waals surface area contributed by atoms with E-state index in [1.165, 1.54) is 0 Å². The number of carbonyl (C=O) groups excluding carboxylic acids is 1. The van der Waals surface area contributed by atoms with Crippen molar-refractivity contribution < 1.29 is 23.7 Å². The van der Waals surface area contributed by atoms with E-state index in [-0.39, 0.29) is 18.2 Å². The highest BCUT2D eigenvalue weighted by Gasteiger charge is 2.24. The number of fused-ring (bicyclic) bond motifs is 2. The van der Waals surface area contributed by atoms with Gasteiger partial charge >= 0.3 is 0 Å². The molecule has 0 unspecified atom stereocenters. The second-order valence-electron chi connectivity index (χ2n) is 7.19. The lowest BCUT2D eigenvalue weighted by atomic mass is 9.83. The summed E-state index contributed by atoms with van der Waals surface area (Å²) in [6.45, 7) is 6.94.